The average Bonchev–Trinajstić information content (AvgIpc) is 2.34. The highest BCUT2D eigenvalue weighted by Gasteiger charge is 2.19. The summed E-state index contributed by atoms with van der Waals surface area (Å²) < 4.78 is 0. The smallest absolute Gasteiger partial charge is 0.0611 e. The molecule has 94 valence electrons. The Hall–Kier alpha value is -1.18. The number of unbranched alkanes of at least 4 members (excludes halogenated alkanes) is 1. The van der Waals surface area contributed by atoms with Gasteiger partial charge in [-0.2, -0.15) is 0 Å². The molecule has 0 amide bonds. The van der Waals surface area contributed by atoms with E-state index in [0.29, 0.717) is 0 Å². The molecule has 1 heterocycles. The van der Waals surface area contributed by atoms with Crippen LogP contribution >= 0.6 is 0 Å². The third-order valence-corrected chi connectivity index (χ3v) is 3.94. The number of rotatable bonds is 3. The van der Waals surface area contributed by atoms with Gasteiger partial charge in [-0.3, -0.25) is 0 Å². The van der Waals surface area contributed by atoms with Crippen molar-refractivity contribution >= 4 is 11.4 Å². The summed E-state index contributed by atoms with van der Waals surface area (Å²) in [5.74, 6) is 0. The quantitative estimate of drug-likeness (QED) is 0.856. The molecular formula is C15H24N2. The highest BCUT2D eigenvalue weighted by Crippen LogP contribution is 2.35. The molecule has 1 aromatic carbocycles. The van der Waals surface area contributed by atoms with Crippen LogP contribution in [0.15, 0.2) is 6.07 Å². The summed E-state index contributed by atoms with van der Waals surface area (Å²) in [6.07, 6.45) is 2.55. The van der Waals surface area contributed by atoms with Crippen molar-refractivity contribution in [3.8, 4) is 0 Å². The van der Waals surface area contributed by atoms with Gasteiger partial charge in [-0.05, 0) is 49.9 Å². The lowest BCUT2D eigenvalue weighted by atomic mass is 9.99. The average molecular weight is 232 g/mol. The van der Waals surface area contributed by atoms with E-state index in [1.54, 1.807) is 0 Å². The van der Waals surface area contributed by atoms with Crippen LogP contribution in [0.4, 0.5) is 11.4 Å². The van der Waals surface area contributed by atoms with Gasteiger partial charge in [0.05, 0.1) is 11.4 Å². The van der Waals surface area contributed by atoms with Gasteiger partial charge in [0.25, 0.3) is 0 Å². The Labute approximate surface area is 105 Å². The van der Waals surface area contributed by atoms with Crippen LogP contribution in [0, 0.1) is 20.8 Å². The van der Waals surface area contributed by atoms with Crippen molar-refractivity contribution in [2.45, 2.75) is 40.5 Å². The molecule has 2 nitrogen and oxygen atoms in total. The van der Waals surface area contributed by atoms with E-state index in [1.807, 2.05) is 0 Å². The summed E-state index contributed by atoms with van der Waals surface area (Å²) >= 11 is 0. The maximum atomic E-state index is 3.56. The van der Waals surface area contributed by atoms with Crippen molar-refractivity contribution < 1.29 is 0 Å². The SMILES string of the molecule is CCCCN1CCNc2c1cc(C)c(C)c2C. The predicted octanol–water partition coefficient (Wildman–Crippen LogP) is 3.64. The maximum Gasteiger partial charge on any atom is 0.0611 e. The molecule has 1 aliphatic heterocycles. The van der Waals surface area contributed by atoms with Gasteiger partial charge in [-0.15, -0.1) is 0 Å². The molecule has 0 aliphatic carbocycles. The van der Waals surface area contributed by atoms with Crippen molar-refractivity contribution in [2.24, 2.45) is 0 Å². The third-order valence-electron chi connectivity index (χ3n) is 3.94. The molecule has 2 rings (SSSR count). The van der Waals surface area contributed by atoms with Crippen LogP contribution in [0.1, 0.15) is 36.5 Å². The van der Waals surface area contributed by atoms with Crippen molar-refractivity contribution in [1.82, 2.24) is 0 Å². The minimum atomic E-state index is 1.07. The topological polar surface area (TPSA) is 15.3 Å². The summed E-state index contributed by atoms with van der Waals surface area (Å²) in [7, 11) is 0. The van der Waals surface area contributed by atoms with E-state index < -0.39 is 0 Å². The fourth-order valence-electron chi connectivity index (χ4n) is 2.55. The lowest BCUT2D eigenvalue weighted by molar-refractivity contribution is 0.712. The number of fused-ring (bicyclic) bond motifs is 1. The molecule has 0 unspecified atom stereocenters. The van der Waals surface area contributed by atoms with E-state index in [4.69, 9.17) is 0 Å². The van der Waals surface area contributed by atoms with Crippen molar-refractivity contribution in [3.63, 3.8) is 0 Å². The Kier molecular flexibility index (Phi) is 3.60. The second kappa shape index (κ2) is 4.99. The van der Waals surface area contributed by atoms with Crippen LogP contribution in [0.25, 0.3) is 0 Å². The van der Waals surface area contributed by atoms with Gasteiger partial charge < -0.3 is 10.2 Å². The van der Waals surface area contributed by atoms with Gasteiger partial charge in [-0.1, -0.05) is 13.3 Å². The van der Waals surface area contributed by atoms with Gasteiger partial charge in [0.1, 0.15) is 0 Å². The summed E-state index contributed by atoms with van der Waals surface area (Å²) in [6.45, 7) is 12.3. The number of nitrogens with one attached hydrogen (secondary N) is 1. The van der Waals surface area contributed by atoms with Crippen molar-refractivity contribution in [2.75, 3.05) is 29.9 Å². The van der Waals surface area contributed by atoms with Gasteiger partial charge in [0.15, 0.2) is 0 Å². The molecule has 0 radical (unpaired) electrons. The molecule has 0 fully saturated rings. The molecule has 0 saturated carbocycles. The number of aryl methyl sites for hydroxylation is 1. The zero-order valence-electron chi connectivity index (χ0n) is 11.6. The molecular weight excluding hydrogens is 208 g/mol. The van der Waals surface area contributed by atoms with Crippen LogP contribution < -0.4 is 10.2 Å². The van der Waals surface area contributed by atoms with Crippen LogP contribution in [-0.4, -0.2) is 19.6 Å². The first-order valence-electron chi connectivity index (χ1n) is 6.74. The first kappa shape index (κ1) is 12.3. The molecule has 2 heteroatoms. The number of hydrogen-bond donors (Lipinski definition) is 1. The minimum absolute atomic E-state index is 1.07. The van der Waals surface area contributed by atoms with E-state index in [9.17, 15) is 0 Å². The number of anilines is 2. The Morgan fingerprint density at radius 3 is 2.71 bits per heavy atom. The second-order valence-electron chi connectivity index (χ2n) is 5.10. The fraction of sp³-hybridized carbons (Fsp3) is 0.600. The first-order chi connectivity index (χ1) is 8.15. The van der Waals surface area contributed by atoms with Gasteiger partial charge in [0, 0.05) is 19.6 Å². The zero-order valence-corrected chi connectivity index (χ0v) is 11.6. The molecule has 0 spiro atoms. The van der Waals surface area contributed by atoms with E-state index in [0.717, 1.165) is 13.1 Å². The van der Waals surface area contributed by atoms with Crippen LogP contribution in [-0.2, 0) is 0 Å². The largest absolute Gasteiger partial charge is 0.381 e. The fourth-order valence-corrected chi connectivity index (χ4v) is 2.55. The Balaban J connectivity index is 2.37. The molecule has 0 aromatic heterocycles. The monoisotopic (exact) mass is 232 g/mol. The van der Waals surface area contributed by atoms with Crippen molar-refractivity contribution in [3.05, 3.63) is 22.8 Å². The predicted molar refractivity (Wildman–Crippen MR) is 76.3 cm³/mol. The van der Waals surface area contributed by atoms with Gasteiger partial charge in [0.2, 0.25) is 0 Å². The highest BCUT2D eigenvalue weighted by molar-refractivity contribution is 5.77. The lowest BCUT2D eigenvalue weighted by Gasteiger charge is -2.34. The van der Waals surface area contributed by atoms with Crippen LogP contribution in [0.5, 0.6) is 0 Å². The maximum absolute atomic E-state index is 3.56. The Bertz CT molecular complexity index is 410. The summed E-state index contributed by atoms with van der Waals surface area (Å²) in [4.78, 5) is 2.54. The summed E-state index contributed by atoms with van der Waals surface area (Å²) in [5, 5.41) is 3.56. The molecule has 0 saturated heterocycles. The highest BCUT2D eigenvalue weighted by atomic mass is 15.2. The summed E-state index contributed by atoms with van der Waals surface area (Å²) in [5.41, 5.74) is 7.02. The van der Waals surface area contributed by atoms with E-state index in [-0.39, 0.29) is 0 Å². The zero-order chi connectivity index (χ0) is 12.4. The number of hydrogen-bond acceptors (Lipinski definition) is 2. The third kappa shape index (κ3) is 2.26. The molecule has 17 heavy (non-hydrogen) atoms. The van der Waals surface area contributed by atoms with Gasteiger partial charge in [-0.25, -0.2) is 0 Å². The minimum Gasteiger partial charge on any atom is -0.381 e. The second-order valence-corrected chi connectivity index (χ2v) is 5.10. The number of benzene rings is 1. The molecule has 0 bridgehead atoms. The first-order valence-corrected chi connectivity index (χ1v) is 6.74. The molecule has 1 N–H and O–H groups in total. The normalized spacial score (nSPS) is 14.5. The van der Waals surface area contributed by atoms with Crippen molar-refractivity contribution in [1.29, 1.82) is 0 Å². The van der Waals surface area contributed by atoms with E-state index in [1.165, 1.54) is 47.5 Å². The van der Waals surface area contributed by atoms with Crippen LogP contribution in [0.2, 0.25) is 0 Å². The van der Waals surface area contributed by atoms with Crippen LogP contribution in [0.3, 0.4) is 0 Å². The summed E-state index contributed by atoms with van der Waals surface area (Å²) in [6, 6.07) is 2.35. The standard InChI is InChI=1S/C15H24N2/c1-5-6-8-17-9-7-16-15-13(4)12(3)11(2)10-14(15)17/h10,16H,5-9H2,1-4H3. The van der Waals surface area contributed by atoms with Gasteiger partial charge >= 0.3 is 0 Å². The molecule has 1 aliphatic rings. The Morgan fingerprint density at radius 1 is 1.24 bits per heavy atom. The Morgan fingerprint density at radius 2 is 2.00 bits per heavy atom. The lowest BCUT2D eigenvalue weighted by Crippen LogP contribution is -2.35. The number of nitrogens with zero attached hydrogens (tertiary/aromatic N) is 1. The molecule has 0 atom stereocenters. The molecule has 1 aromatic rings. The van der Waals surface area contributed by atoms with E-state index >= 15 is 0 Å². The van der Waals surface area contributed by atoms with E-state index in [2.05, 4.69) is 44.0 Å².